The van der Waals surface area contributed by atoms with E-state index < -0.39 is 21.5 Å². The van der Waals surface area contributed by atoms with E-state index in [9.17, 15) is 18.6 Å². The first-order valence-electron chi connectivity index (χ1n) is 5.36. The lowest BCUT2D eigenvalue weighted by Gasteiger charge is -2.27. The van der Waals surface area contributed by atoms with E-state index in [1.54, 1.807) is 20.8 Å². The number of hydrogen-bond acceptors (Lipinski definition) is 4. The molecule has 4 nitrogen and oxygen atoms in total. The highest BCUT2D eigenvalue weighted by Gasteiger charge is 2.27. The number of rotatable bonds is 7. The summed E-state index contributed by atoms with van der Waals surface area (Å²) >= 11 is 0. The molecule has 0 aliphatic carbocycles. The largest absolute Gasteiger partial charge is 0.390 e. The van der Waals surface area contributed by atoms with Crippen LogP contribution in [0.5, 0.6) is 0 Å². The monoisotopic (exact) mass is 238 g/mol. The maximum absolute atomic E-state index is 11.2. The molecule has 0 aromatic heterocycles. The van der Waals surface area contributed by atoms with Gasteiger partial charge in [-0.1, -0.05) is 13.8 Å². The van der Waals surface area contributed by atoms with Gasteiger partial charge in [0.25, 0.3) is 0 Å². The van der Waals surface area contributed by atoms with Gasteiger partial charge in [0.1, 0.15) is 9.84 Å². The number of sulfone groups is 1. The average molecular weight is 238 g/mol. The van der Waals surface area contributed by atoms with E-state index in [2.05, 4.69) is 0 Å². The summed E-state index contributed by atoms with van der Waals surface area (Å²) in [7, 11) is -2.96. The normalized spacial score (nSPS) is 18.5. The lowest BCUT2D eigenvalue weighted by atomic mass is 9.93. The van der Waals surface area contributed by atoms with Crippen molar-refractivity contribution >= 4 is 9.84 Å². The third-order valence-electron chi connectivity index (χ3n) is 2.81. The Labute approximate surface area is 92.2 Å². The van der Waals surface area contributed by atoms with Crippen molar-refractivity contribution < 1.29 is 18.6 Å². The summed E-state index contributed by atoms with van der Waals surface area (Å²) in [5.74, 6) is 0.216. The summed E-state index contributed by atoms with van der Waals surface area (Å²) in [5, 5.41) is 19.3. The summed E-state index contributed by atoms with van der Waals surface area (Å²) in [4.78, 5) is 0. The van der Waals surface area contributed by atoms with E-state index in [-0.39, 0.29) is 11.5 Å². The molecule has 0 aromatic carbocycles. The Morgan fingerprint density at radius 2 is 1.87 bits per heavy atom. The lowest BCUT2D eigenvalue weighted by Crippen LogP contribution is -2.38. The van der Waals surface area contributed by atoms with E-state index >= 15 is 0 Å². The summed E-state index contributed by atoms with van der Waals surface area (Å²) < 4.78 is 22.3. The van der Waals surface area contributed by atoms with Crippen LogP contribution in [-0.2, 0) is 9.84 Å². The molecule has 0 saturated heterocycles. The third-order valence-corrected chi connectivity index (χ3v) is 4.60. The molecule has 0 amide bonds. The number of aliphatic hydroxyl groups excluding tert-OH is 1. The SMILES string of the molecule is CCC(C)(O)C(O)CCCS(=O)(=O)CC. The molecule has 0 saturated carbocycles. The molecule has 0 spiro atoms. The Balaban J connectivity index is 3.98. The molecule has 0 heterocycles. The topological polar surface area (TPSA) is 74.6 Å². The Morgan fingerprint density at radius 1 is 1.33 bits per heavy atom. The fourth-order valence-corrected chi connectivity index (χ4v) is 2.08. The Bertz CT molecular complexity index is 269. The van der Waals surface area contributed by atoms with Gasteiger partial charge in [-0.3, -0.25) is 0 Å². The van der Waals surface area contributed by atoms with E-state index in [1.165, 1.54) is 0 Å². The van der Waals surface area contributed by atoms with Gasteiger partial charge in [-0.2, -0.15) is 0 Å². The molecule has 0 aliphatic rings. The van der Waals surface area contributed by atoms with Gasteiger partial charge in [0.15, 0.2) is 0 Å². The summed E-state index contributed by atoms with van der Waals surface area (Å²) in [6.07, 6.45) is 0.317. The first-order valence-corrected chi connectivity index (χ1v) is 7.18. The third kappa shape index (κ3) is 5.49. The van der Waals surface area contributed by atoms with Crippen LogP contribution < -0.4 is 0 Å². The predicted molar refractivity (Wildman–Crippen MR) is 60.5 cm³/mol. The average Bonchev–Trinajstić information content (AvgIpc) is 2.17. The smallest absolute Gasteiger partial charge is 0.150 e. The van der Waals surface area contributed by atoms with Crippen molar-refractivity contribution in [2.75, 3.05) is 11.5 Å². The van der Waals surface area contributed by atoms with Crippen molar-refractivity contribution in [1.82, 2.24) is 0 Å². The van der Waals surface area contributed by atoms with Crippen molar-refractivity contribution in [2.45, 2.75) is 51.7 Å². The van der Waals surface area contributed by atoms with Crippen molar-refractivity contribution in [3.63, 3.8) is 0 Å². The standard InChI is InChI=1S/C10H22O4S/c1-4-10(3,12)9(11)7-6-8-15(13,14)5-2/h9,11-12H,4-8H2,1-3H3. The van der Waals surface area contributed by atoms with Crippen molar-refractivity contribution in [3.8, 4) is 0 Å². The second-order valence-electron chi connectivity index (χ2n) is 4.11. The van der Waals surface area contributed by atoms with Crippen LogP contribution in [0.15, 0.2) is 0 Å². The van der Waals surface area contributed by atoms with Crippen molar-refractivity contribution in [1.29, 1.82) is 0 Å². The van der Waals surface area contributed by atoms with Crippen LogP contribution in [0.1, 0.15) is 40.0 Å². The fraction of sp³-hybridized carbons (Fsp3) is 1.00. The zero-order chi connectivity index (χ0) is 12.1. The minimum absolute atomic E-state index is 0.0837. The van der Waals surface area contributed by atoms with E-state index in [4.69, 9.17) is 0 Å². The van der Waals surface area contributed by atoms with Crippen LogP contribution in [0.4, 0.5) is 0 Å². The molecular formula is C10H22O4S. The molecule has 0 rings (SSSR count). The van der Waals surface area contributed by atoms with Gasteiger partial charge in [-0.05, 0) is 26.2 Å². The molecule has 92 valence electrons. The summed E-state index contributed by atoms with van der Waals surface area (Å²) in [6.45, 7) is 4.95. The molecule has 0 radical (unpaired) electrons. The van der Waals surface area contributed by atoms with Gasteiger partial charge >= 0.3 is 0 Å². The minimum Gasteiger partial charge on any atom is -0.390 e. The van der Waals surface area contributed by atoms with Gasteiger partial charge in [0, 0.05) is 5.75 Å². The summed E-state index contributed by atoms with van der Waals surface area (Å²) in [6, 6.07) is 0. The molecule has 5 heteroatoms. The first kappa shape index (κ1) is 14.9. The number of hydrogen-bond donors (Lipinski definition) is 2. The Hall–Kier alpha value is -0.130. The molecule has 0 bridgehead atoms. The predicted octanol–water partition coefficient (Wildman–Crippen LogP) is 0.723. The second kappa shape index (κ2) is 5.82. The highest BCUT2D eigenvalue weighted by molar-refractivity contribution is 7.91. The highest BCUT2D eigenvalue weighted by Crippen LogP contribution is 2.18. The molecule has 2 atom stereocenters. The Morgan fingerprint density at radius 3 is 2.27 bits per heavy atom. The lowest BCUT2D eigenvalue weighted by molar-refractivity contribution is -0.0670. The van der Waals surface area contributed by atoms with Crippen LogP contribution in [-0.4, -0.2) is 41.8 Å². The fourth-order valence-electron chi connectivity index (χ4n) is 1.19. The van der Waals surface area contributed by atoms with E-state index in [1.807, 2.05) is 0 Å². The molecule has 0 aliphatic heterocycles. The van der Waals surface area contributed by atoms with Crippen molar-refractivity contribution in [3.05, 3.63) is 0 Å². The quantitative estimate of drug-likeness (QED) is 0.685. The maximum Gasteiger partial charge on any atom is 0.150 e. The van der Waals surface area contributed by atoms with Crippen molar-refractivity contribution in [2.24, 2.45) is 0 Å². The molecule has 0 aromatic rings. The molecular weight excluding hydrogens is 216 g/mol. The van der Waals surface area contributed by atoms with Crippen LogP contribution >= 0.6 is 0 Å². The highest BCUT2D eigenvalue weighted by atomic mass is 32.2. The Kier molecular flexibility index (Phi) is 5.77. The van der Waals surface area contributed by atoms with Gasteiger partial charge < -0.3 is 10.2 Å². The molecule has 2 unspecified atom stereocenters. The van der Waals surface area contributed by atoms with Crippen LogP contribution in [0, 0.1) is 0 Å². The van der Waals surface area contributed by atoms with Crippen LogP contribution in [0.25, 0.3) is 0 Å². The van der Waals surface area contributed by atoms with Gasteiger partial charge in [0.05, 0.1) is 17.5 Å². The van der Waals surface area contributed by atoms with Crippen LogP contribution in [0.2, 0.25) is 0 Å². The first-order chi connectivity index (χ1) is 6.75. The van der Waals surface area contributed by atoms with E-state index in [0.29, 0.717) is 19.3 Å². The van der Waals surface area contributed by atoms with E-state index in [0.717, 1.165) is 0 Å². The van der Waals surface area contributed by atoms with Gasteiger partial charge in [0.2, 0.25) is 0 Å². The maximum atomic E-state index is 11.2. The van der Waals surface area contributed by atoms with Gasteiger partial charge in [-0.15, -0.1) is 0 Å². The zero-order valence-electron chi connectivity index (χ0n) is 9.73. The minimum atomic E-state index is -2.96. The number of aliphatic hydroxyl groups is 2. The van der Waals surface area contributed by atoms with Gasteiger partial charge in [-0.25, -0.2) is 8.42 Å². The summed E-state index contributed by atoms with van der Waals surface area (Å²) in [5.41, 5.74) is -1.12. The molecule has 15 heavy (non-hydrogen) atoms. The molecule has 0 fully saturated rings. The van der Waals surface area contributed by atoms with Crippen LogP contribution in [0.3, 0.4) is 0 Å². The zero-order valence-corrected chi connectivity index (χ0v) is 10.5. The molecule has 2 N–H and O–H groups in total. The second-order valence-corrected chi connectivity index (χ2v) is 6.58.